The lowest BCUT2D eigenvalue weighted by Crippen LogP contribution is -1.50. The zero-order chi connectivity index (χ0) is 4.83. The summed E-state index contributed by atoms with van der Waals surface area (Å²) in [7, 11) is 1.75. The smallest absolute Gasteiger partial charge is 0.187 e. The number of rotatable bonds is 3. The molecule has 0 saturated heterocycles. The highest BCUT2D eigenvalue weighted by atomic mass is 33.1. The quantitative estimate of drug-likeness (QED) is 0.314. The third-order valence-corrected chi connectivity index (χ3v) is 1.21. The minimum Gasteiger partial charge on any atom is -0.290 e. The molecule has 0 aliphatic carbocycles. The Morgan fingerprint density at radius 1 is 1.00 bits per heavy atom. The molecule has 0 aliphatic heterocycles. The van der Waals surface area contributed by atoms with E-state index >= 15 is 0 Å². The molecule has 34 valence electrons. The van der Waals surface area contributed by atoms with E-state index in [2.05, 4.69) is 0 Å². The monoisotopic (exact) mass is 122 g/mol. The van der Waals surface area contributed by atoms with Crippen LogP contribution in [0, 0.1) is 0 Å². The predicted octanol–water partition coefficient (Wildman–Crippen LogP) is 0.748. The SMILES string of the molecule is O=CSSC=O. The average Bonchev–Trinajstić information content (AvgIpc) is 1.61. The maximum absolute atomic E-state index is 9.35. The van der Waals surface area contributed by atoms with E-state index in [0.29, 0.717) is 11.2 Å². The van der Waals surface area contributed by atoms with Crippen molar-refractivity contribution in [3.63, 3.8) is 0 Å². The molecule has 0 aliphatic rings. The third-order valence-electron chi connectivity index (χ3n) is 0.134. The van der Waals surface area contributed by atoms with Gasteiger partial charge >= 0.3 is 0 Å². The maximum Gasteiger partial charge on any atom is 0.187 e. The summed E-state index contributed by atoms with van der Waals surface area (Å²) < 4.78 is 0. The molecular weight excluding hydrogens is 120 g/mol. The molecule has 0 radical (unpaired) electrons. The summed E-state index contributed by atoms with van der Waals surface area (Å²) in [6.07, 6.45) is 0. The van der Waals surface area contributed by atoms with Gasteiger partial charge in [0.15, 0.2) is 11.2 Å². The van der Waals surface area contributed by atoms with Gasteiger partial charge in [0.05, 0.1) is 0 Å². The molecule has 6 heavy (non-hydrogen) atoms. The van der Waals surface area contributed by atoms with Gasteiger partial charge in [0.1, 0.15) is 0 Å². The number of hydrogen-bond acceptors (Lipinski definition) is 4. The Kier molecular flexibility index (Phi) is 5.07. The van der Waals surface area contributed by atoms with Crippen molar-refractivity contribution in [1.82, 2.24) is 0 Å². The average molecular weight is 122 g/mol. The molecule has 0 bridgehead atoms. The molecular formula is C2H2O2S2. The summed E-state index contributed by atoms with van der Waals surface area (Å²) >= 11 is 0. The zero-order valence-corrected chi connectivity index (χ0v) is 4.42. The Morgan fingerprint density at radius 2 is 1.33 bits per heavy atom. The topological polar surface area (TPSA) is 34.1 Å². The van der Waals surface area contributed by atoms with Crippen molar-refractivity contribution in [3.8, 4) is 0 Å². The van der Waals surface area contributed by atoms with Crippen molar-refractivity contribution in [3.05, 3.63) is 0 Å². The predicted molar refractivity (Wildman–Crippen MR) is 28.7 cm³/mol. The fourth-order valence-corrected chi connectivity index (χ4v) is 0.408. The standard InChI is InChI=1S/C2H2O2S2/c3-1-5-6-2-4/h1-2H. The van der Waals surface area contributed by atoms with Gasteiger partial charge in [-0.3, -0.25) is 9.59 Å². The Balaban J connectivity index is 2.66. The highest BCUT2D eigenvalue weighted by molar-refractivity contribution is 8.86. The Bertz CT molecular complexity index is 45.5. The van der Waals surface area contributed by atoms with Gasteiger partial charge < -0.3 is 0 Å². The van der Waals surface area contributed by atoms with Gasteiger partial charge in [-0.05, 0) is 21.6 Å². The van der Waals surface area contributed by atoms with Crippen molar-refractivity contribution in [2.45, 2.75) is 0 Å². The van der Waals surface area contributed by atoms with E-state index < -0.39 is 0 Å². The van der Waals surface area contributed by atoms with Crippen LogP contribution in [0.5, 0.6) is 0 Å². The van der Waals surface area contributed by atoms with E-state index in [4.69, 9.17) is 0 Å². The van der Waals surface area contributed by atoms with Crippen molar-refractivity contribution >= 4 is 32.8 Å². The summed E-state index contributed by atoms with van der Waals surface area (Å²) in [5, 5.41) is 0. The molecule has 0 unspecified atom stereocenters. The summed E-state index contributed by atoms with van der Waals surface area (Å²) in [4.78, 5) is 18.7. The van der Waals surface area contributed by atoms with Crippen LogP contribution < -0.4 is 0 Å². The first-order valence-corrected chi connectivity index (χ1v) is 3.39. The normalized spacial score (nSPS) is 7.33. The fraction of sp³-hybridized carbons (Fsp3) is 0. The van der Waals surface area contributed by atoms with E-state index in [1.165, 1.54) is 0 Å². The zero-order valence-electron chi connectivity index (χ0n) is 2.79. The second-order valence-electron chi connectivity index (χ2n) is 0.385. The van der Waals surface area contributed by atoms with Gasteiger partial charge in [-0.15, -0.1) is 0 Å². The van der Waals surface area contributed by atoms with Crippen LogP contribution >= 0.6 is 21.6 Å². The van der Waals surface area contributed by atoms with Crippen molar-refractivity contribution < 1.29 is 9.59 Å². The molecule has 0 N–H and O–H groups in total. The first-order chi connectivity index (χ1) is 2.91. The van der Waals surface area contributed by atoms with Crippen molar-refractivity contribution in [1.29, 1.82) is 0 Å². The molecule has 0 aromatic carbocycles. The maximum atomic E-state index is 9.35. The first-order valence-electron chi connectivity index (χ1n) is 1.11. The van der Waals surface area contributed by atoms with Crippen LogP contribution in [0.3, 0.4) is 0 Å². The van der Waals surface area contributed by atoms with Gasteiger partial charge in [0.25, 0.3) is 0 Å². The van der Waals surface area contributed by atoms with E-state index in [9.17, 15) is 9.59 Å². The van der Waals surface area contributed by atoms with Crippen molar-refractivity contribution in [2.75, 3.05) is 0 Å². The van der Waals surface area contributed by atoms with Crippen LogP contribution in [0.15, 0.2) is 0 Å². The summed E-state index contributed by atoms with van der Waals surface area (Å²) in [5.41, 5.74) is 1.22. The number of carbonyl (C=O) groups excluding carboxylic acids is 2. The van der Waals surface area contributed by atoms with Crippen LogP contribution in [0.2, 0.25) is 0 Å². The van der Waals surface area contributed by atoms with Gasteiger partial charge in [-0.1, -0.05) is 0 Å². The van der Waals surface area contributed by atoms with Crippen molar-refractivity contribution in [2.24, 2.45) is 0 Å². The highest BCUT2D eigenvalue weighted by Crippen LogP contribution is 2.11. The molecule has 0 aromatic heterocycles. The molecule has 0 spiro atoms. The molecule has 0 atom stereocenters. The second kappa shape index (κ2) is 5.04. The van der Waals surface area contributed by atoms with E-state index in [1.807, 2.05) is 0 Å². The summed E-state index contributed by atoms with van der Waals surface area (Å²) in [6, 6.07) is 0. The lowest BCUT2D eigenvalue weighted by Gasteiger charge is -1.68. The molecule has 4 heteroatoms. The molecule has 2 nitrogen and oxygen atoms in total. The van der Waals surface area contributed by atoms with Gasteiger partial charge in [0.2, 0.25) is 0 Å². The lowest BCUT2D eigenvalue weighted by atomic mass is 11.8. The van der Waals surface area contributed by atoms with Crippen LogP contribution in [0.25, 0.3) is 0 Å². The van der Waals surface area contributed by atoms with Gasteiger partial charge in [-0.2, -0.15) is 0 Å². The summed E-state index contributed by atoms with van der Waals surface area (Å²) in [5.74, 6) is 0. The minimum atomic E-state index is 0.610. The minimum absolute atomic E-state index is 0.610. The number of carbonyl (C=O) groups is 2. The summed E-state index contributed by atoms with van der Waals surface area (Å²) in [6.45, 7) is 0. The molecule has 0 rings (SSSR count). The van der Waals surface area contributed by atoms with E-state index in [-0.39, 0.29) is 0 Å². The fourth-order valence-electron chi connectivity index (χ4n) is 0.0454. The van der Waals surface area contributed by atoms with E-state index in [1.54, 1.807) is 0 Å². The Labute approximate surface area is 43.1 Å². The van der Waals surface area contributed by atoms with E-state index in [0.717, 1.165) is 21.6 Å². The highest BCUT2D eigenvalue weighted by Gasteiger charge is 1.75. The van der Waals surface area contributed by atoms with Crippen LogP contribution in [-0.4, -0.2) is 11.2 Å². The largest absolute Gasteiger partial charge is 0.290 e. The van der Waals surface area contributed by atoms with Crippen LogP contribution in [0.4, 0.5) is 0 Å². The van der Waals surface area contributed by atoms with Gasteiger partial charge in [-0.25, -0.2) is 0 Å². The van der Waals surface area contributed by atoms with Gasteiger partial charge in [0, 0.05) is 0 Å². The molecule has 0 heterocycles. The molecule has 0 amide bonds. The number of hydrogen-bond donors (Lipinski definition) is 0. The Hall–Kier alpha value is 0.0400. The second-order valence-corrected chi connectivity index (χ2v) is 2.31. The molecule has 0 aromatic rings. The lowest BCUT2D eigenvalue weighted by molar-refractivity contribution is 0.569. The first kappa shape index (κ1) is 6.04. The van der Waals surface area contributed by atoms with Crippen LogP contribution in [0.1, 0.15) is 0 Å². The molecule has 0 fully saturated rings. The molecule has 0 saturated carbocycles. The Morgan fingerprint density at radius 3 is 1.50 bits per heavy atom. The van der Waals surface area contributed by atoms with Crippen LogP contribution in [-0.2, 0) is 9.59 Å². The third kappa shape index (κ3) is 4.04.